The zero-order valence-electron chi connectivity index (χ0n) is 17.7. The minimum Gasteiger partial charge on any atom is -0.507 e. The molecule has 0 saturated heterocycles. The third-order valence-electron chi connectivity index (χ3n) is 5.16. The second-order valence-electron chi connectivity index (χ2n) is 7.34. The molecule has 0 radical (unpaired) electrons. The number of hydrogen-bond acceptors (Lipinski definition) is 6. The maximum Gasteiger partial charge on any atom is 0.263 e. The van der Waals surface area contributed by atoms with E-state index in [1.807, 2.05) is 0 Å². The van der Waals surface area contributed by atoms with Crippen LogP contribution in [0.15, 0.2) is 47.5 Å². The van der Waals surface area contributed by atoms with Crippen molar-refractivity contribution in [1.82, 2.24) is 14.7 Å². The molecule has 3 aromatic heterocycles. The highest BCUT2D eigenvalue weighted by Gasteiger charge is 2.20. The Bertz CT molecular complexity index is 1430. The molecule has 1 amide bonds. The second kappa shape index (κ2) is 8.99. The maximum absolute atomic E-state index is 13.6. The van der Waals surface area contributed by atoms with E-state index in [-0.39, 0.29) is 35.1 Å². The number of nitrogens with one attached hydrogen (secondary N) is 1. The van der Waals surface area contributed by atoms with E-state index in [0.717, 1.165) is 29.0 Å². The number of aromatic nitrogens is 2. The Balaban J connectivity index is 1.63. The Morgan fingerprint density at radius 3 is 2.73 bits per heavy atom. The number of hydrogen-bond donors (Lipinski definition) is 2. The van der Waals surface area contributed by atoms with Crippen LogP contribution in [0.1, 0.15) is 31.9 Å². The summed E-state index contributed by atoms with van der Waals surface area (Å²) >= 11 is 1.07. The van der Waals surface area contributed by atoms with Gasteiger partial charge in [-0.15, -0.1) is 11.3 Å². The Morgan fingerprint density at radius 2 is 2.00 bits per heavy atom. The predicted octanol–water partition coefficient (Wildman–Crippen LogP) is 3.58. The normalized spacial score (nSPS) is 11.0. The van der Waals surface area contributed by atoms with Gasteiger partial charge in [-0.3, -0.25) is 14.0 Å². The molecule has 4 rings (SSSR count). The summed E-state index contributed by atoms with van der Waals surface area (Å²) in [5, 5.41) is 13.4. The number of pyridine rings is 2. The van der Waals surface area contributed by atoms with Crippen molar-refractivity contribution >= 4 is 22.1 Å². The third-order valence-corrected chi connectivity index (χ3v) is 6.37. The number of nitrogens with zero attached hydrogens (tertiary/aromatic N) is 2. The van der Waals surface area contributed by atoms with E-state index in [4.69, 9.17) is 4.74 Å². The first-order chi connectivity index (χ1) is 15.8. The van der Waals surface area contributed by atoms with Gasteiger partial charge in [-0.2, -0.15) is 0 Å². The lowest BCUT2D eigenvalue weighted by Crippen LogP contribution is -2.22. The Kier molecular flexibility index (Phi) is 6.10. The zero-order valence-corrected chi connectivity index (χ0v) is 18.5. The molecule has 170 valence electrons. The van der Waals surface area contributed by atoms with Crippen LogP contribution in [0.3, 0.4) is 0 Å². The number of ether oxygens (including phenoxy) is 1. The summed E-state index contributed by atoms with van der Waals surface area (Å²) in [6, 6.07) is 6.74. The van der Waals surface area contributed by atoms with Gasteiger partial charge in [-0.1, -0.05) is 6.07 Å². The van der Waals surface area contributed by atoms with E-state index in [9.17, 15) is 23.5 Å². The topological polar surface area (TPSA) is 92.9 Å². The maximum atomic E-state index is 13.6. The Morgan fingerprint density at radius 1 is 1.21 bits per heavy atom. The van der Waals surface area contributed by atoms with E-state index in [0.29, 0.717) is 21.8 Å². The minimum atomic E-state index is -1.04. The molecule has 2 N–H and O–H groups in total. The molecular weight excluding hydrogens is 452 g/mol. The molecule has 33 heavy (non-hydrogen) atoms. The van der Waals surface area contributed by atoms with Crippen LogP contribution in [0.25, 0.3) is 4.83 Å². The highest BCUT2D eigenvalue weighted by Crippen LogP contribution is 2.30. The van der Waals surface area contributed by atoms with Crippen LogP contribution in [0.2, 0.25) is 0 Å². The van der Waals surface area contributed by atoms with Crippen LogP contribution in [-0.4, -0.2) is 27.5 Å². The fourth-order valence-corrected chi connectivity index (χ4v) is 4.41. The van der Waals surface area contributed by atoms with Gasteiger partial charge in [0.2, 0.25) is 5.88 Å². The van der Waals surface area contributed by atoms with Gasteiger partial charge in [0.1, 0.15) is 15.5 Å². The van der Waals surface area contributed by atoms with Crippen LogP contribution < -0.4 is 15.6 Å². The summed E-state index contributed by atoms with van der Waals surface area (Å²) in [7, 11) is 1.50. The Hall–Kier alpha value is -3.79. The summed E-state index contributed by atoms with van der Waals surface area (Å²) in [6.07, 6.45) is 2.89. The summed E-state index contributed by atoms with van der Waals surface area (Å²) in [6.45, 7) is 1.85. The molecule has 0 saturated carbocycles. The number of rotatable bonds is 6. The van der Waals surface area contributed by atoms with Gasteiger partial charge >= 0.3 is 0 Å². The minimum absolute atomic E-state index is 0.0321. The number of halogens is 2. The highest BCUT2D eigenvalue weighted by molar-refractivity contribution is 7.19. The Labute approximate surface area is 190 Å². The number of aromatic hydroxyl groups is 1. The third kappa shape index (κ3) is 4.42. The van der Waals surface area contributed by atoms with Crippen molar-refractivity contribution in [2.24, 2.45) is 0 Å². The van der Waals surface area contributed by atoms with Crippen LogP contribution >= 0.6 is 11.3 Å². The predicted molar refractivity (Wildman–Crippen MR) is 119 cm³/mol. The van der Waals surface area contributed by atoms with Crippen molar-refractivity contribution in [3.05, 3.63) is 91.8 Å². The molecule has 7 nitrogen and oxygen atoms in total. The number of fused-ring (bicyclic) bond motifs is 1. The van der Waals surface area contributed by atoms with Crippen molar-refractivity contribution in [1.29, 1.82) is 0 Å². The molecule has 0 spiro atoms. The fraction of sp³-hybridized carbons (Fsp3) is 0.174. The van der Waals surface area contributed by atoms with E-state index in [2.05, 4.69) is 10.3 Å². The molecular formula is C23H19F2N3O4S. The molecule has 0 atom stereocenters. The fourth-order valence-electron chi connectivity index (χ4n) is 3.40. The molecule has 0 aliphatic heterocycles. The van der Waals surface area contributed by atoms with E-state index in [1.54, 1.807) is 25.3 Å². The largest absolute Gasteiger partial charge is 0.507 e. The second-order valence-corrected chi connectivity index (χ2v) is 8.37. The van der Waals surface area contributed by atoms with E-state index in [1.165, 1.54) is 23.8 Å². The summed E-state index contributed by atoms with van der Waals surface area (Å²) in [5.74, 6) is -2.23. The lowest BCUT2D eigenvalue weighted by Gasteiger charge is -2.09. The molecule has 3 heterocycles. The lowest BCUT2D eigenvalue weighted by atomic mass is 10.0. The number of benzene rings is 1. The van der Waals surface area contributed by atoms with Crippen LogP contribution in [0.5, 0.6) is 11.6 Å². The van der Waals surface area contributed by atoms with Crippen molar-refractivity contribution in [3.63, 3.8) is 0 Å². The first kappa shape index (κ1) is 22.4. The van der Waals surface area contributed by atoms with Crippen LogP contribution in [0, 0.1) is 18.6 Å². The van der Waals surface area contributed by atoms with Gasteiger partial charge in [0.25, 0.3) is 11.5 Å². The summed E-state index contributed by atoms with van der Waals surface area (Å²) in [4.78, 5) is 30.4. The van der Waals surface area contributed by atoms with E-state index < -0.39 is 17.2 Å². The molecule has 10 heteroatoms. The molecule has 0 unspecified atom stereocenters. The average Bonchev–Trinajstić information content (AvgIpc) is 3.27. The lowest BCUT2D eigenvalue weighted by molar-refractivity contribution is 0.0954. The van der Waals surface area contributed by atoms with Gasteiger partial charge in [0, 0.05) is 37.0 Å². The van der Waals surface area contributed by atoms with Gasteiger partial charge < -0.3 is 15.2 Å². The number of thiazole rings is 1. The zero-order chi connectivity index (χ0) is 23.7. The standard InChI is InChI=1S/C23H19F2N3O4S/c1-12-20(29)15(7-13-3-4-16(24)17(25)8-13)22(31)28-11-18(33-23(12)28)21(30)27-10-14-5-6-26-19(9-14)32-2/h3-6,8-9,11,29H,7,10H2,1-2H3,(H,27,30). The molecule has 0 aliphatic carbocycles. The molecule has 0 fully saturated rings. The number of carbonyl (C=O) groups is 1. The SMILES string of the molecule is COc1cc(CNC(=O)c2cn3c(=O)c(Cc4ccc(F)c(F)c4)c(O)c(C)c3s2)ccn1. The first-order valence-electron chi connectivity index (χ1n) is 9.86. The smallest absolute Gasteiger partial charge is 0.263 e. The average molecular weight is 471 g/mol. The van der Waals surface area contributed by atoms with E-state index >= 15 is 0 Å². The molecule has 4 aromatic rings. The van der Waals surface area contributed by atoms with Crippen LogP contribution in [-0.2, 0) is 13.0 Å². The quantitative estimate of drug-likeness (QED) is 0.449. The van der Waals surface area contributed by atoms with Gasteiger partial charge in [-0.05, 0) is 36.2 Å². The highest BCUT2D eigenvalue weighted by atomic mass is 32.1. The van der Waals surface area contributed by atoms with Crippen molar-refractivity contribution in [2.75, 3.05) is 7.11 Å². The van der Waals surface area contributed by atoms with Crippen molar-refractivity contribution < 1.29 is 23.4 Å². The van der Waals surface area contributed by atoms with Gasteiger partial charge in [0.05, 0.1) is 12.7 Å². The first-order valence-corrected chi connectivity index (χ1v) is 10.7. The summed E-state index contributed by atoms with van der Waals surface area (Å²) in [5.41, 5.74) is 1.03. The monoisotopic (exact) mass is 471 g/mol. The number of methoxy groups -OCH3 is 1. The molecule has 0 aliphatic rings. The molecule has 0 bridgehead atoms. The number of aryl methyl sites for hydroxylation is 1. The van der Waals surface area contributed by atoms with Gasteiger partial charge in [0.15, 0.2) is 11.6 Å². The summed E-state index contributed by atoms with van der Waals surface area (Å²) < 4.78 is 33.1. The van der Waals surface area contributed by atoms with Crippen LogP contribution in [0.4, 0.5) is 8.78 Å². The number of amides is 1. The number of carbonyl (C=O) groups excluding carboxylic acids is 1. The van der Waals surface area contributed by atoms with Gasteiger partial charge in [-0.25, -0.2) is 13.8 Å². The molecule has 1 aromatic carbocycles. The van der Waals surface area contributed by atoms with Crippen molar-refractivity contribution in [2.45, 2.75) is 19.9 Å². The van der Waals surface area contributed by atoms with Crippen molar-refractivity contribution in [3.8, 4) is 11.6 Å².